The first-order valence-electron chi connectivity index (χ1n) is 11.6. The van der Waals surface area contributed by atoms with Gasteiger partial charge in [-0.15, -0.1) is 11.3 Å². The zero-order chi connectivity index (χ0) is 22.1. The third kappa shape index (κ3) is 3.86. The molecule has 6 heteroatoms. The Kier molecular flexibility index (Phi) is 6.07. The van der Waals surface area contributed by atoms with Crippen molar-refractivity contribution in [2.45, 2.75) is 51.6 Å². The molecule has 0 saturated carbocycles. The number of urea groups is 1. The molecule has 1 aliphatic heterocycles. The van der Waals surface area contributed by atoms with E-state index in [1.165, 1.54) is 39.4 Å². The van der Waals surface area contributed by atoms with E-state index in [2.05, 4.69) is 59.4 Å². The monoisotopic (exact) mass is 449 g/mol. The minimum absolute atomic E-state index is 0.0102. The van der Waals surface area contributed by atoms with E-state index in [1.807, 2.05) is 16.2 Å². The zero-order valence-electron chi connectivity index (χ0n) is 18.9. The Hall–Kier alpha value is -2.57. The average Bonchev–Trinajstić information content (AvgIpc) is 3.38. The summed E-state index contributed by atoms with van der Waals surface area (Å²) in [5.74, 6) is 0. The van der Waals surface area contributed by atoms with Gasteiger partial charge in [-0.1, -0.05) is 29.8 Å². The molecule has 168 valence electrons. The van der Waals surface area contributed by atoms with Crippen LogP contribution >= 0.6 is 11.3 Å². The van der Waals surface area contributed by atoms with E-state index in [0.29, 0.717) is 19.7 Å². The van der Waals surface area contributed by atoms with Crippen molar-refractivity contribution in [1.82, 2.24) is 14.8 Å². The molecule has 2 amide bonds. The normalized spacial score (nSPS) is 17.3. The van der Waals surface area contributed by atoms with Gasteiger partial charge in [-0.3, -0.25) is 0 Å². The summed E-state index contributed by atoms with van der Waals surface area (Å²) in [5, 5.41) is 4.45. The molecule has 3 aromatic rings. The smallest absolute Gasteiger partial charge is 0.318 e. The highest BCUT2D eigenvalue weighted by molar-refractivity contribution is 7.15. The van der Waals surface area contributed by atoms with Crippen LogP contribution in [0.1, 0.15) is 58.1 Å². The number of fused-ring (bicyclic) bond motifs is 5. The maximum atomic E-state index is 13.6. The number of aryl methyl sites for hydroxylation is 2. The number of carbonyl (C=O) groups excluding carboxylic acids is 1. The van der Waals surface area contributed by atoms with Gasteiger partial charge in [0.05, 0.1) is 18.3 Å². The van der Waals surface area contributed by atoms with Crippen molar-refractivity contribution in [3.63, 3.8) is 0 Å². The lowest BCUT2D eigenvalue weighted by Crippen LogP contribution is -2.42. The van der Waals surface area contributed by atoms with Crippen LogP contribution < -0.4 is 5.32 Å². The number of amides is 2. The topological polar surface area (TPSA) is 46.5 Å². The molecule has 0 radical (unpaired) electrons. The van der Waals surface area contributed by atoms with Gasteiger partial charge in [0.15, 0.2) is 0 Å². The summed E-state index contributed by atoms with van der Waals surface area (Å²) in [7, 11) is 1.69. The van der Waals surface area contributed by atoms with Crippen molar-refractivity contribution >= 4 is 17.4 Å². The predicted molar refractivity (Wildman–Crippen MR) is 129 cm³/mol. The summed E-state index contributed by atoms with van der Waals surface area (Å²) in [6.07, 6.45) is 7.75. The summed E-state index contributed by atoms with van der Waals surface area (Å²) in [4.78, 5) is 17.1. The first-order valence-corrected chi connectivity index (χ1v) is 12.4. The lowest BCUT2D eigenvalue weighted by atomic mass is 9.95. The second-order valence-electron chi connectivity index (χ2n) is 8.82. The molecular formula is C26H31N3O2S. The Morgan fingerprint density at radius 2 is 2.06 bits per heavy atom. The van der Waals surface area contributed by atoms with E-state index in [9.17, 15) is 4.79 Å². The molecule has 5 rings (SSSR count). The summed E-state index contributed by atoms with van der Waals surface area (Å²) >= 11 is 1.93. The fourth-order valence-electron chi connectivity index (χ4n) is 5.09. The molecule has 0 spiro atoms. The number of benzene rings is 1. The third-order valence-electron chi connectivity index (χ3n) is 6.60. The van der Waals surface area contributed by atoms with Gasteiger partial charge in [0, 0.05) is 36.9 Å². The first-order chi connectivity index (χ1) is 15.7. The second-order valence-corrected chi connectivity index (χ2v) is 9.90. The van der Waals surface area contributed by atoms with Gasteiger partial charge in [0.25, 0.3) is 0 Å². The fourth-order valence-corrected chi connectivity index (χ4v) is 6.49. The number of nitrogens with one attached hydrogen (secondary N) is 1. The van der Waals surface area contributed by atoms with E-state index < -0.39 is 0 Å². The van der Waals surface area contributed by atoms with E-state index in [1.54, 1.807) is 7.11 Å². The molecule has 1 unspecified atom stereocenters. The molecule has 0 saturated heterocycles. The third-order valence-corrected chi connectivity index (χ3v) is 7.93. The van der Waals surface area contributed by atoms with Crippen molar-refractivity contribution in [1.29, 1.82) is 0 Å². The van der Waals surface area contributed by atoms with Gasteiger partial charge < -0.3 is 19.5 Å². The number of hydrogen-bond acceptors (Lipinski definition) is 3. The minimum Gasteiger partial charge on any atom is -0.385 e. The lowest BCUT2D eigenvalue weighted by molar-refractivity contribution is 0.174. The lowest BCUT2D eigenvalue weighted by Gasteiger charge is -2.31. The van der Waals surface area contributed by atoms with Crippen LogP contribution in [0.25, 0.3) is 5.00 Å². The molecule has 2 aromatic heterocycles. The summed E-state index contributed by atoms with van der Waals surface area (Å²) < 4.78 is 7.50. The van der Waals surface area contributed by atoms with Crippen LogP contribution in [-0.4, -0.2) is 35.8 Å². The molecule has 3 heterocycles. The molecule has 1 aliphatic carbocycles. The number of thiophene rings is 1. The first kappa shape index (κ1) is 21.3. The Balaban J connectivity index is 1.60. The van der Waals surface area contributed by atoms with Gasteiger partial charge in [-0.2, -0.15) is 0 Å². The van der Waals surface area contributed by atoms with Crippen molar-refractivity contribution < 1.29 is 9.53 Å². The molecule has 1 N–H and O–H groups in total. The molecule has 2 aliphatic rings. The standard InChI is InChI=1S/C26H31N3O2S/c1-18-8-5-9-19(16-18)24-22-11-6-14-28(22)25-21(20-10-3-4-12-23(20)32-25)17-29(24)26(30)27-13-7-15-31-2/h5-6,8-9,11,14,16,24H,3-4,7,10,12-13,15,17H2,1-2H3,(H,27,30). The summed E-state index contributed by atoms with van der Waals surface area (Å²) in [5.41, 5.74) is 6.33. The number of rotatable bonds is 5. The van der Waals surface area contributed by atoms with Gasteiger partial charge >= 0.3 is 6.03 Å². The van der Waals surface area contributed by atoms with Crippen LogP contribution in [0, 0.1) is 6.92 Å². The average molecular weight is 450 g/mol. The van der Waals surface area contributed by atoms with E-state index in [4.69, 9.17) is 4.74 Å². The number of ether oxygens (including phenoxy) is 1. The highest BCUT2D eigenvalue weighted by Gasteiger charge is 2.35. The van der Waals surface area contributed by atoms with Crippen LogP contribution in [0.5, 0.6) is 0 Å². The van der Waals surface area contributed by atoms with Gasteiger partial charge in [-0.25, -0.2) is 4.79 Å². The molecular weight excluding hydrogens is 418 g/mol. The Labute approximate surface area is 194 Å². The van der Waals surface area contributed by atoms with E-state index in [-0.39, 0.29) is 12.1 Å². The zero-order valence-corrected chi connectivity index (χ0v) is 19.7. The van der Waals surface area contributed by atoms with Crippen LogP contribution in [0.2, 0.25) is 0 Å². The van der Waals surface area contributed by atoms with Crippen molar-refractivity contribution in [2.75, 3.05) is 20.3 Å². The predicted octanol–water partition coefficient (Wildman–Crippen LogP) is 5.38. The quantitative estimate of drug-likeness (QED) is 0.532. The SMILES string of the molecule is COCCCNC(=O)N1Cc2c(sc3c2CCCC3)-n2cccc2C1c1cccc(C)c1. The van der Waals surface area contributed by atoms with E-state index in [0.717, 1.165) is 30.5 Å². The van der Waals surface area contributed by atoms with Gasteiger partial charge in [0.2, 0.25) is 0 Å². The molecule has 32 heavy (non-hydrogen) atoms. The largest absolute Gasteiger partial charge is 0.385 e. The van der Waals surface area contributed by atoms with Crippen molar-refractivity contribution in [3.05, 3.63) is 75.4 Å². The molecule has 5 nitrogen and oxygen atoms in total. The molecule has 0 fully saturated rings. The van der Waals surface area contributed by atoms with E-state index >= 15 is 0 Å². The Morgan fingerprint density at radius 1 is 1.19 bits per heavy atom. The highest BCUT2D eigenvalue weighted by atomic mass is 32.1. The fraction of sp³-hybridized carbons (Fsp3) is 0.423. The maximum absolute atomic E-state index is 13.6. The van der Waals surface area contributed by atoms with Crippen LogP contribution in [0.3, 0.4) is 0 Å². The van der Waals surface area contributed by atoms with Gasteiger partial charge in [-0.05, 0) is 62.3 Å². The van der Waals surface area contributed by atoms with Crippen LogP contribution in [-0.2, 0) is 24.1 Å². The number of nitrogens with zero attached hydrogens (tertiary/aromatic N) is 2. The van der Waals surface area contributed by atoms with Crippen molar-refractivity contribution in [2.24, 2.45) is 0 Å². The van der Waals surface area contributed by atoms with Crippen molar-refractivity contribution in [3.8, 4) is 5.00 Å². The number of carbonyl (C=O) groups is 1. The van der Waals surface area contributed by atoms with Crippen LogP contribution in [0.4, 0.5) is 4.79 Å². The molecule has 1 atom stereocenters. The Morgan fingerprint density at radius 3 is 2.91 bits per heavy atom. The number of methoxy groups -OCH3 is 1. The molecule has 1 aromatic carbocycles. The number of aromatic nitrogens is 1. The summed E-state index contributed by atoms with van der Waals surface area (Å²) in [6, 6.07) is 12.7. The Bertz CT molecular complexity index is 1120. The highest BCUT2D eigenvalue weighted by Crippen LogP contribution is 2.44. The van der Waals surface area contributed by atoms with Crippen LogP contribution in [0.15, 0.2) is 42.6 Å². The molecule has 0 bridgehead atoms. The second kappa shape index (κ2) is 9.12. The van der Waals surface area contributed by atoms with Gasteiger partial charge in [0.1, 0.15) is 5.00 Å². The minimum atomic E-state index is -0.133. The summed E-state index contributed by atoms with van der Waals surface area (Å²) in [6.45, 7) is 4.01. The maximum Gasteiger partial charge on any atom is 0.318 e. The number of hydrogen-bond donors (Lipinski definition) is 1.